The molecule has 0 unspecified atom stereocenters. The van der Waals surface area contributed by atoms with Crippen LogP contribution in [0.1, 0.15) is 28.4 Å². The van der Waals surface area contributed by atoms with Crippen molar-refractivity contribution >= 4 is 38.4 Å². The molecule has 38 heavy (non-hydrogen) atoms. The van der Waals surface area contributed by atoms with E-state index in [0.717, 1.165) is 22.4 Å². The summed E-state index contributed by atoms with van der Waals surface area (Å²) >= 11 is 1.27. The van der Waals surface area contributed by atoms with E-state index in [4.69, 9.17) is 4.74 Å². The van der Waals surface area contributed by atoms with Gasteiger partial charge in [0.05, 0.1) is 16.2 Å². The number of esters is 1. The first kappa shape index (κ1) is 25.8. The van der Waals surface area contributed by atoms with Gasteiger partial charge in [-0.15, -0.1) is 11.3 Å². The molecule has 0 bridgehead atoms. The van der Waals surface area contributed by atoms with Gasteiger partial charge in [0.15, 0.2) is 11.2 Å². The van der Waals surface area contributed by atoms with Crippen LogP contribution in [0, 0.1) is 0 Å². The maximum absolute atomic E-state index is 13.2. The SMILES string of the molecule is C[C@H](OC(=O)c1ccc(S(=O)(=O)N2CCc3ccccc3C2)cc1)C(=O)Nc1nc(-c2ccccc2)cs1. The maximum atomic E-state index is 13.2. The van der Waals surface area contributed by atoms with Crippen LogP contribution in [0.2, 0.25) is 0 Å². The number of aromatic nitrogens is 1. The number of hydrogen-bond donors (Lipinski definition) is 1. The smallest absolute Gasteiger partial charge is 0.338 e. The van der Waals surface area contributed by atoms with E-state index in [1.165, 1.54) is 46.8 Å². The number of nitrogens with one attached hydrogen (secondary N) is 1. The molecule has 0 radical (unpaired) electrons. The Bertz CT molecular complexity index is 1570. The van der Waals surface area contributed by atoms with Crippen LogP contribution in [0.25, 0.3) is 11.3 Å². The molecule has 0 fully saturated rings. The largest absolute Gasteiger partial charge is 0.449 e. The van der Waals surface area contributed by atoms with Crippen molar-refractivity contribution in [2.45, 2.75) is 30.9 Å². The first-order valence-corrected chi connectivity index (χ1v) is 14.3. The molecule has 0 saturated heterocycles. The van der Waals surface area contributed by atoms with E-state index in [1.54, 1.807) is 0 Å². The van der Waals surface area contributed by atoms with Gasteiger partial charge in [0.1, 0.15) is 0 Å². The molecular weight excluding hydrogens is 522 g/mol. The summed E-state index contributed by atoms with van der Waals surface area (Å²) in [4.78, 5) is 29.7. The molecular formula is C28H25N3O5S2. The third kappa shape index (κ3) is 5.52. The van der Waals surface area contributed by atoms with Crippen molar-refractivity contribution in [3.63, 3.8) is 0 Å². The normalized spacial score (nSPS) is 14.3. The molecule has 0 aliphatic carbocycles. The zero-order valence-corrected chi connectivity index (χ0v) is 22.2. The molecule has 3 aromatic carbocycles. The molecule has 4 aromatic rings. The number of benzene rings is 3. The first-order chi connectivity index (χ1) is 18.3. The highest BCUT2D eigenvalue weighted by molar-refractivity contribution is 7.89. The minimum absolute atomic E-state index is 0.0946. The van der Waals surface area contributed by atoms with E-state index in [1.807, 2.05) is 60.0 Å². The van der Waals surface area contributed by atoms with E-state index in [9.17, 15) is 18.0 Å². The van der Waals surface area contributed by atoms with E-state index in [2.05, 4.69) is 10.3 Å². The van der Waals surface area contributed by atoms with Crippen LogP contribution >= 0.6 is 11.3 Å². The van der Waals surface area contributed by atoms with Crippen LogP contribution in [-0.4, -0.2) is 42.2 Å². The zero-order chi connectivity index (χ0) is 26.7. The molecule has 0 spiro atoms. The van der Waals surface area contributed by atoms with Gasteiger partial charge in [0.2, 0.25) is 10.0 Å². The number of amides is 1. The molecule has 10 heteroatoms. The van der Waals surface area contributed by atoms with Crippen LogP contribution in [0.15, 0.2) is 89.1 Å². The van der Waals surface area contributed by atoms with E-state index in [-0.39, 0.29) is 10.5 Å². The third-order valence-corrected chi connectivity index (χ3v) is 8.90. The lowest BCUT2D eigenvalue weighted by molar-refractivity contribution is -0.123. The van der Waals surface area contributed by atoms with Gasteiger partial charge in [-0.1, -0.05) is 54.6 Å². The van der Waals surface area contributed by atoms with Gasteiger partial charge in [-0.3, -0.25) is 10.1 Å². The molecule has 194 valence electrons. The van der Waals surface area contributed by atoms with Crippen LogP contribution in [-0.2, 0) is 32.5 Å². The number of rotatable bonds is 7. The molecule has 1 aliphatic rings. The Morgan fingerprint density at radius 2 is 1.66 bits per heavy atom. The Morgan fingerprint density at radius 1 is 0.974 bits per heavy atom. The lowest BCUT2D eigenvalue weighted by Gasteiger charge is -2.28. The summed E-state index contributed by atoms with van der Waals surface area (Å²) in [7, 11) is -3.73. The highest BCUT2D eigenvalue weighted by Gasteiger charge is 2.28. The van der Waals surface area contributed by atoms with Crippen molar-refractivity contribution in [2.24, 2.45) is 0 Å². The number of sulfonamides is 1. The van der Waals surface area contributed by atoms with Gasteiger partial charge in [-0.25, -0.2) is 18.2 Å². The van der Waals surface area contributed by atoms with Crippen molar-refractivity contribution in [2.75, 3.05) is 11.9 Å². The second-order valence-corrected chi connectivity index (χ2v) is 11.6. The number of nitrogens with zero attached hydrogens (tertiary/aromatic N) is 2. The predicted octanol–water partition coefficient (Wildman–Crippen LogP) is 4.74. The van der Waals surface area contributed by atoms with Crippen LogP contribution in [0.5, 0.6) is 0 Å². The topological polar surface area (TPSA) is 106 Å². The molecule has 5 rings (SSSR count). The number of thiazole rings is 1. The van der Waals surface area contributed by atoms with Crippen molar-refractivity contribution in [1.29, 1.82) is 0 Å². The van der Waals surface area contributed by atoms with Crippen LogP contribution in [0.3, 0.4) is 0 Å². The fraction of sp³-hybridized carbons (Fsp3) is 0.179. The van der Waals surface area contributed by atoms with Gasteiger partial charge in [0, 0.05) is 24.0 Å². The monoisotopic (exact) mass is 547 g/mol. The Kier molecular flexibility index (Phi) is 7.37. The van der Waals surface area contributed by atoms with E-state index >= 15 is 0 Å². The molecule has 0 saturated carbocycles. The van der Waals surface area contributed by atoms with Gasteiger partial charge < -0.3 is 4.74 Å². The fourth-order valence-corrected chi connectivity index (χ4v) is 6.29. The minimum atomic E-state index is -3.73. The summed E-state index contributed by atoms with van der Waals surface area (Å²) in [6.07, 6.45) is -0.433. The highest BCUT2D eigenvalue weighted by Crippen LogP contribution is 2.26. The number of carbonyl (C=O) groups is 2. The fourth-order valence-electron chi connectivity index (χ4n) is 4.15. The summed E-state index contributed by atoms with van der Waals surface area (Å²) in [5.74, 6) is -1.25. The summed E-state index contributed by atoms with van der Waals surface area (Å²) in [6.45, 7) is 2.16. The molecule has 1 amide bonds. The average Bonchev–Trinajstić information content (AvgIpc) is 3.41. The molecule has 1 N–H and O–H groups in total. The average molecular weight is 548 g/mol. The Balaban J connectivity index is 1.19. The number of anilines is 1. The van der Waals surface area contributed by atoms with Crippen molar-refractivity contribution in [3.05, 3.63) is 101 Å². The van der Waals surface area contributed by atoms with Gasteiger partial charge in [0.25, 0.3) is 5.91 Å². The second kappa shape index (κ2) is 10.9. The summed E-state index contributed by atoms with van der Waals surface area (Å²) in [6, 6.07) is 22.9. The molecule has 2 heterocycles. The Labute approximate surface area is 225 Å². The van der Waals surface area contributed by atoms with Gasteiger partial charge >= 0.3 is 5.97 Å². The minimum Gasteiger partial charge on any atom is -0.449 e. The number of hydrogen-bond acceptors (Lipinski definition) is 7. The predicted molar refractivity (Wildman–Crippen MR) is 145 cm³/mol. The zero-order valence-electron chi connectivity index (χ0n) is 20.5. The summed E-state index contributed by atoms with van der Waals surface area (Å²) in [5, 5.41) is 4.90. The van der Waals surface area contributed by atoms with Gasteiger partial charge in [-0.05, 0) is 48.7 Å². The first-order valence-electron chi connectivity index (χ1n) is 12.0. The molecule has 8 nitrogen and oxygen atoms in total. The van der Waals surface area contributed by atoms with Gasteiger partial charge in [-0.2, -0.15) is 4.31 Å². The van der Waals surface area contributed by atoms with E-state index in [0.29, 0.717) is 24.6 Å². The van der Waals surface area contributed by atoms with E-state index < -0.39 is 28.0 Å². The maximum Gasteiger partial charge on any atom is 0.338 e. The number of ether oxygens (including phenoxy) is 1. The number of fused-ring (bicyclic) bond motifs is 1. The van der Waals surface area contributed by atoms with Crippen molar-refractivity contribution in [1.82, 2.24) is 9.29 Å². The summed E-state index contributed by atoms with van der Waals surface area (Å²) < 4.78 is 33.1. The lowest BCUT2D eigenvalue weighted by atomic mass is 10.0. The van der Waals surface area contributed by atoms with Crippen molar-refractivity contribution < 1.29 is 22.7 Å². The highest BCUT2D eigenvalue weighted by atomic mass is 32.2. The standard InChI is InChI=1S/C28H25N3O5S2/c1-19(26(32)30-28-29-25(18-37-28)21-8-3-2-4-9-21)36-27(33)22-11-13-24(14-12-22)38(34,35)31-16-15-20-7-5-6-10-23(20)17-31/h2-14,18-19H,15-17H2,1H3,(H,29,30,32)/t19-/m0/s1. The van der Waals surface area contributed by atoms with Crippen LogP contribution in [0.4, 0.5) is 5.13 Å². The van der Waals surface area contributed by atoms with Crippen molar-refractivity contribution in [3.8, 4) is 11.3 Å². The van der Waals surface area contributed by atoms with Crippen LogP contribution < -0.4 is 5.32 Å². The Morgan fingerprint density at radius 3 is 2.39 bits per heavy atom. The number of carbonyl (C=O) groups excluding carboxylic acids is 2. The lowest BCUT2D eigenvalue weighted by Crippen LogP contribution is -2.35. The molecule has 1 atom stereocenters. The quantitative estimate of drug-likeness (QED) is 0.335. The third-order valence-electron chi connectivity index (χ3n) is 6.28. The Hall–Kier alpha value is -3.86. The summed E-state index contributed by atoms with van der Waals surface area (Å²) in [5.41, 5.74) is 3.96. The second-order valence-electron chi connectivity index (χ2n) is 8.82. The molecule has 1 aliphatic heterocycles. The molecule has 1 aromatic heterocycles.